The third-order valence-corrected chi connectivity index (χ3v) is 6.18. The van der Waals surface area contributed by atoms with E-state index in [1.54, 1.807) is 29.5 Å². The van der Waals surface area contributed by atoms with Gasteiger partial charge in [-0.3, -0.25) is 4.79 Å². The van der Waals surface area contributed by atoms with Crippen LogP contribution in [0, 0.1) is 0 Å². The SMILES string of the molecule is CCCCn1c2c(sc1=NC(=O)c1cc(Cl)ccc1OC)CC1C=CC2O1. The number of benzene rings is 1. The van der Waals surface area contributed by atoms with E-state index in [4.69, 9.17) is 21.1 Å². The summed E-state index contributed by atoms with van der Waals surface area (Å²) in [6, 6.07) is 4.99. The first-order valence-electron chi connectivity index (χ1n) is 9.09. The van der Waals surface area contributed by atoms with Gasteiger partial charge in [0.15, 0.2) is 4.80 Å². The molecule has 3 heterocycles. The van der Waals surface area contributed by atoms with Gasteiger partial charge in [0.1, 0.15) is 11.9 Å². The minimum atomic E-state index is -0.347. The molecule has 1 aromatic carbocycles. The molecule has 2 aliphatic heterocycles. The molecule has 2 aliphatic rings. The molecule has 0 aliphatic carbocycles. The van der Waals surface area contributed by atoms with Crippen LogP contribution in [0.5, 0.6) is 5.75 Å². The summed E-state index contributed by atoms with van der Waals surface area (Å²) < 4.78 is 13.5. The van der Waals surface area contributed by atoms with E-state index in [0.29, 0.717) is 21.1 Å². The molecule has 2 bridgehead atoms. The highest BCUT2D eigenvalue weighted by Crippen LogP contribution is 2.37. The van der Waals surface area contributed by atoms with Crippen LogP contribution in [-0.4, -0.2) is 23.7 Å². The molecule has 0 spiro atoms. The summed E-state index contributed by atoms with van der Waals surface area (Å²) in [6.45, 7) is 2.97. The number of nitrogens with zero attached hydrogens (tertiary/aromatic N) is 2. The Bertz CT molecular complexity index is 976. The van der Waals surface area contributed by atoms with Crippen molar-refractivity contribution in [1.82, 2.24) is 4.57 Å². The van der Waals surface area contributed by atoms with Gasteiger partial charge < -0.3 is 14.0 Å². The van der Waals surface area contributed by atoms with Gasteiger partial charge in [0, 0.05) is 22.9 Å². The zero-order valence-corrected chi connectivity index (χ0v) is 16.8. The monoisotopic (exact) mass is 404 g/mol. The highest BCUT2D eigenvalue weighted by atomic mass is 35.5. The third kappa shape index (κ3) is 3.49. The molecule has 0 radical (unpaired) electrons. The molecular weight excluding hydrogens is 384 g/mol. The molecule has 27 heavy (non-hydrogen) atoms. The lowest BCUT2D eigenvalue weighted by molar-refractivity contribution is 0.0436. The topological polar surface area (TPSA) is 52.8 Å². The fourth-order valence-corrected chi connectivity index (χ4v) is 4.90. The Labute approximate surface area is 166 Å². The molecule has 2 unspecified atom stereocenters. The Balaban J connectivity index is 1.79. The fourth-order valence-electron chi connectivity index (χ4n) is 3.50. The van der Waals surface area contributed by atoms with Gasteiger partial charge in [-0.2, -0.15) is 4.99 Å². The second-order valence-corrected chi connectivity index (χ2v) is 8.14. The average molecular weight is 405 g/mol. The number of amides is 1. The molecule has 1 aromatic heterocycles. The van der Waals surface area contributed by atoms with Crippen LogP contribution in [0.25, 0.3) is 0 Å². The number of hydrogen-bond acceptors (Lipinski definition) is 4. The number of carbonyl (C=O) groups is 1. The quantitative estimate of drug-likeness (QED) is 0.698. The minimum absolute atomic E-state index is 0.0355. The molecule has 142 valence electrons. The van der Waals surface area contributed by atoms with E-state index in [-0.39, 0.29) is 18.1 Å². The van der Waals surface area contributed by atoms with Crippen molar-refractivity contribution in [2.75, 3.05) is 7.11 Å². The second-order valence-electron chi connectivity index (χ2n) is 6.64. The Kier molecular flexibility index (Phi) is 5.21. The fraction of sp³-hybridized carbons (Fsp3) is 0.400. The van der Waals surface area contributed by atoms with Gasteiger partial charge in [-0.15, -0.1) is 11.3 Å². The van der Waals surface area contributed by atoms with E-state index in [1.807, 2.05) is 0 Å². The van der Waals surface area contributed by atoms with E-state index in [2.05, 4.69) is 28.6 Å². The molecule has 2 atom stereocenters. The average Bonchev–Trinajstić information content (AvgIpc) is 3.21. The highest BCUT2D eigenvalue weighted by molar-refractivity contribution is 7.09. The first-order chi connectivity index (χ1) is 13.1. The van der Waals surface area contributed by atoms with Crippen molar-refractivity contribution >= 4 is 28.8 Å². The predicted octanol–water partition coefficient (Wildman–Crippen LogP) is 4.31. The number of rotatable bonds is 5. The van der Waals surface area contributed by atoms with Crippen LogP contribution in [0.15, 0.2) is 35.3 Å². The smallest absolute Gasteiger partial charge is 0.283 e. The van der Waals surface area contributed by atoms with Gasteiger partial charge in [0.05, 0.1) is 24.5 Å². The van der Waals surface area contributed by atoms with Crippen molar-refractivity contribution in [3.8, 4) is 5.75 Å². The summed E-state index contributed by atoms with van der Waals surface area (Å²) in [5.74, 6) is 0.125. The standard InChI is InChI=1S/C20H21ClN2O3S/c1-3-4-9-23-18-16-8-6-13(26-16)11-17(18)27-20(23)22-19(24)14-10-12(21)5-7-15(14)25-2/h5-8,10,13,16H,3-4,9,11H2,1-2H3. The van der Waals surface area contributed by atoms with Crippen molar-refractivity contribution < 1.29 is 14.3 Å². The van der Waals surface area contributed by atoms with E-state index in [1.165, 1.54) is 12.0 Å². The molecule has 0 saturated carbocycles. The van der Waals surface area contributed by atoms with Crippen LogP contribution in [0.1, 0.15) is 46.8 Å². The van der Waals surface area contributed by atoms with Gasteiger partial charge >= 0.3 is 0 Å². The lowest BCUT2D eigenvalue weighted by atomic mass is 10.1. The second kappa shape index (κ2) is 7.62. The maximum Gasteiger partial charge on any atom is 0.283 e. The summed E-state index contributed by atoms with van der Waals surface area (Å²) in [6.07, 6.45) is 7.26. The summed E-state index contributed by atoms with van der Waals surface area (Å²) in [5, 5.41) is 0.481. The van der Waals surface area contributed by atoms with E-state index >= 15 is 0 Å². The minimum Gasteiger partial charge on any atom is -0.496 e. The lowest BCUT2D eigenvalue weighted by Crippen LogP contribution is -2.24. The predicted molar refractivity (Wildman–Crippen MR) is 106 cm³/mol. The summed E-state index contributed by atoms with van der Waals surface area (Å²) in [5.41, 5.74) is 1.51. The van der Waals surface area contributed by atoms with Crippen LogP contribution < -0.4 is 9.54 Å². The Hall–Kier alpha value is -1.89. The molecule has 0 saturated heterocycles. The number of fused-ring (bicyclic) bond motifs is 4. The van der Waals surface area contributed by atoms with Crippen LogP contribution >= 0.6 is 22.9 Å². The van der Waals surface area contributed by atoms with Crippen molar-refractivity contribution in [3.05, 3.63) is 56.3 Å². The summed E-state index contributed by atoms with van der Waals surface area (Å²) >= 11 is 7.65. The van der Waals surface area contributed by atoms with E-state index in [0.717, 1.165) is 31.5 Å². The molecular formula is C20H21ClN2O3S. The van der Waals surface area contributed by atoms with Crippen LogP contribution in [0.2, 0.25) is 5.02 Å². The van der Waals surface area contributed by atoms with Crippen LogP contribution in [0.3, 0.4) is 0 Å². The van der Waals surface area contributed by atoms with E-state index in [9.17, 15) is 4.79 Å². The van der Waals surface area contributed by atoms with Gasteiger partial charge in [0.25, 0.3) is 5.91 Å². The number of methoxy groups -OCH3 is 1. The summed E-state index contributed by atoms with van der Waals surface area (Å²) in [7, 11) is 1.53. The molecule has 5 nitrogen and oxygen atoms in total. The molecule has 2 aromatic rings. The van der Waals surface area contributed by atoms with Crippen LogP contribution in [-0.2, 0) is 17.7 Å². The van der Waals surface area contributed by atoms with Crippen molar-refractivity contribution in [3.63, 3.8) is 0 Å². The normalized spacial score (nSPS) is 20.8. The molecule has 4 rings (SSSR count). The Morgan fingerprint density at radius 1 is 1.44 bits per heavy atom. The number of ether oxygens (including phenoxy) is 2. The Morgan fingerprint density at radius 2 is 2.30 bits per heavy atom. The zero-order valence-electron chi connectivity index (χ0n) is 15.3. The maximum absolute atomic E-state index is 12.9. The molecule has 1 amide bonds. The third-order valence-electron chi connectivity index (χ3n) is 4.82. The number of carbonyl (C=O) groups excluding carboxylic acids is 1. The Morgan fingerprint density at radius 3 is 3.07 bits per heavy atom. The number of aromatic nitrogens is 1. The van der Waals surface area contributed by atoms with Gasteiger partial charge in [-0.05, 0) is 24.6 Å². The molecule has 7 heteroatoms. The maximum atomic E-state index is 12.9. The van der Waals surface area contributed by atoms with Gasteiger partial charge in [0.2, 0.25) is 0 Å². The van der Waals surface area contributed by atoms with Crippen LogP contribution in [0.4, 0.5) is 0 Å². The largest absolute Gasteiger partial charge is 0.496 e. The number of thiazole rings is 1. The number of hydrogen-bond donors (Lipinski definition) is 0. The lowest BCUT2D eigenvalue weighted by Gasteiger charge is -2.22. The number of halogens is 1. The first kappa shape index (κ1) is 18.5. The van der Waals surface area contributed by atoms with Crippen molar-refractivity contribution in [2.45, 2.75) is 44.9 Å². The van der Waals surface area contributed by atoms with Gasteiger partial charge in [-0.25, -0.2) is 0 Å². The molecule has 0 fully saturated rings. The van der Waals surface area contributed by atoms with Crippen molar-refractivity contribution in [2.24, 2.45) is 4.99 Å². The van der Waals surface area contributed by atoms with Crippen molar-refractivity contribution in [1.29, 1.82) is 0 Å². The first-order valence-corrected chi connectivity index (χ1v) is 10.3. The zero-order chi connectivity index (χ0) is 19.0. The number of unbranched alkanes of at least 4 members (excludes halogenated alkanes) is 1. The van der Waals surface area contributed by atoms with E-state index < -0.39 is 0 Å². The van der Waals surface area contributed by atoms with Gasteiger partial charge in [-0.1, -0.05) is 37.1 Å². The summed E-state index contributed by atoms with van der Waals surface area (Å²) in [4.78, 5) is 19.3. The molecule has 0 N–H and O–H groups in total. The highest BCUT2D eigenvalue weighted by Gasteiger charge is 2.33.